The number of H-pyrrole nitrogens is 1. The van der Waals surface area contributed by atoms with E-state index in [1.54, 1.807) is 24.3 Å². The van der Waals surface area contributed by atoms with Crippen molar-refractivity contribution in [1.82, 2.24) is 10.3 Å². The van der Waals surface area contributed by atoms with E-state index in [9.17, 15) is 14.4 Å². The van der Waals surface area contributed by atoms with Crippen LogP contribution in [0.4, 0.5) is 0 Å². The van der Waals surface area contributed by atoms with Crippen LogP contribution in [0.3, 0.4) is 0 Å². The van der Waals surface area contributed by atoms with Gasteiger partial charge in [0.1, 0.15) is 0 Å². The number of esters is 1. The molecule has 0 fully saturated rings. The predicted molar refractivity (Wildman–Crippen MR) is 78.2 cm³/mol. The van der Waals surface area contributed by atoms with E-state index in [1.807, 2.05) is 6.92 Å². The van der Waals surface area contributed by atoms with E-state index in [2.05, 4.69) is 10.3 Å². The van der Waals surface area contributed by atoms with E-state index in [0.29, 0.717) is 17.4 Å². The highest BCUT2D eigenvalue weighted by molar-refractivity contribution is 6.03. The first-order valence-electron chi connectivity index (χ1n) is 6.67. The van der Waals surface area contributed by atoms with E-state index in [4.69, 9.17) is 4.74 Å². The van der Waals surface area contributed by atoms with Gasteiger partial charge in [0, 0.05) is 23.5 Å². The zero-order chi connectivity index (χ0) is 15.2. The van der Waals surface area contributed by atoms with Gasteiger partial charge in [0.15, 0.2) is 6.61 Å². The molecule has 0 radical (unpaired) electrons. The smallest absolute Gasteiger partial charge is 0.339 e. The zero-order valence-electron chi connectivity index (χ0n) is 11.6. The third kappa shape index (κ3) is 3.68. The zero-order valence-corrected chi connectivity index (χ0v) is 11.6. The summed E-state index contributed by atoms with van der Waals surface area (Å²) < 4.78 is 4.95. The van der Waals surface area contributed by atoms with Gasteiger partial charge in [-0.15, -0.1) is 0 Å². The van der Waals surface area contributed by atoms with Crippen molar-refractivity contribution in [3.05, 3.63) is 46.2 Å². The molecule has 21 heavy (non-hydrogen) atoms. The molecule has 0 aliphatic carbocycles. The summed E-state index contributed by atoms with van der Waals surface area (Å²) in [6.07, 6.45) is 0.804. The van der Waals surface area contributed by atoms with Crippen molar-refractivity contribution >= 4 is 22.8 Å². The number of carbonyl (C=O) groups is 2. The van der Waals surface area contributed by atoms with Crippen molar-refractivity contribution in [1.29, 1.82) is 0 Å². The number of rotatable bonds is 5. The van der Waals surface area contributed by atoms with Crippen LogP contribution in [0, 0.1) is 0 Å². The Hall–Kier alpha value is -2.63. The van der Waals surface area contributed by atoms with Crippen molar-refractivity contribution in [3.8, 4) is 0 Å². The van der Waals surface area contributed by atoms with Crippen LogP contribution in [0.5, 0.6) is 0 Å². The molecule has 0 saturated heterocycles. The number of ether oxygens (including phenoxy) is 1. The summed E-state index contributed by atoms with van der Waals surface area (Å²) in [5, 5.41) is 3.18. The summed E-state index contributed by atoms with van der Waals surface area (Å²) in [6, 6.07) is 8.09. The monoisotopic (exact) mass is 288 g/mol. The maximum Gasteiger partial charge on any atom is 0.339 e. The molecule has 1 aromatic carbocycles. The quantitative estimate of drug-likeness (QED) is 0.809. The Morgan fingerprint density at radius 3 is 2.81 bits per heavy atom. The molecule has 6 heteroatoms. The topological polar surface area (TPSA) is 88.3 Å². The van der Waals surface area contributed by atoms with Crippen LogP contribution in [0.15, 0.2) is 35.1 Å². The number of para-hydroxylation sites is 1. The minimum absolute atomic E-state index is 0.151. The Morgan fingerprint density at radius 2 is 2.05 bits per heavy atom. The Kier molecular flexibility index (Phi) is 4.71. The number of amides is 1. The molecule has 2 aromatic rings. The second kappa shape index (κ2) is 6.69. The van der Waals surface area contributed by atoms with Crippen LogP contribution in [0.1, 0.15) is 23.7 Å². The third-order valence-corrected chi connectivity index (χ3v) is 2.88. The number of hydrogen-bond donors (Lipinski definition) is 2. The lowest BCUT2D eigenvalue weighted by Gasteiger charge is -2.07. The fourth-order valence-electron chi connectivity index (χ4n) is 1.90. The minimum atomic E-state index is -0.691. The first kappa shape index (κ1) is 14.8. The van der Waals surface area contributed by atoms with Crippen molar-refractivity contribution < 1.29 is 14.3 Å². The van der Waals surface area contributed by atoms with Crippen LogP contribution in [-0.2, 0) is 9.53 Å². The number of carbonyl (C=O) groups excluding carboxylic acids is 2. The Labute approximate surface area is 121 Å². The summed E-state index contributed by atoms with van der Waals surface area (Å²) in [6.45, 7) is 2.10. The molecule has 0 bridgehead atoms. The third-order valence-electron chi connectivity index (χ3n) is 2.88. The van der Waals surface area contributed by atoms with Crippen molar-refractivity contribution in [3.63, 3.8) is 0 Å². The molecule has 110 valence electrons. The standard InChI is InChI=1S/C15H16N2O4/c1-2-7-16-14(19)9-21-15(20)11-8-13(18)17-12-6-4-3-5-10(11)12/h3-6,8H,2,7,9H2,1H3,(H,16,19)(H,17,18). The van der Waals surface area contributed by atoms with Gasteiger partial charge in [0.2, 0.25) is 5.56 Å². The van der Waals surface area contributed by atoms with E-state index in [0.717, 1.165) is 6.42 Å². The predicted octanol–water partition coefficient (Wildman–Crippen LogP) is 1.21. The van der Waals surface area contributed by atoms with E-state index in [-0.39, 0.29) is 18.1 Å². The van der Waals surface area contributed by atoms with Crippen LogP contribution < -0.4 is 10.9 Å². The molecule has 1 amide bonds. The lowest BCUT2D eigenvalue weighted by Crippen LogP contribution is -2.29. The molecule has 2 rings (SSSR count). The lowest BCUT2D eigenvalue weighted by atomic mass is 10.1. The molecule has 1 aromatic heterocycles. The summed E-state index contributed by atoms with van der Waals surface area (Å²) in [5.74, 6) is -1.05. The molecular formula is C15H16N2O4. The molecule has 1 heterocycles. The molecule has 0 unspecified atom stereocenters. The van der Waals surface area contributed by atoms with Gasteiger partial charge in [-0.05, 0) is 12.5 Å². The van der Waals surface area contributed by atoms with Crippen molar-refractivity contribution in [2.45, 2.75) is 13.3 Å². The van der Waals surface area contributed by atoms with Gasteiger partial charge in [0.05, 0.1) is 5.56 Å². The fourth-order valence-corrected chi connectivity index (χ4v) is 1.90. The highest BCUT2D eigenvalue weighted by Crippen LogP contribution is 2.15. The van der Waals surface area contributed by atoms with Gasteiger partial charge >= 0.3 is 5.97 Å². The van der Waals surface area contributed by atoms with Crippen LogP contribution >= 0.6 is 0 Å². The largest absolute Gasteiger partial charge is 0.452 e. The first-order valence-corrected chi connectivity index (χ1v) is 6.67. The number of pyridine rings is 1. The molecule has 0 atom stereocenters. The Balaban J connectivity index is 2.16. The summed E-state index contributed by atoms with van der Waals surface area (Å²) in [5.41, 5.74) is 0.307. The first-order chi connectivity index (χ1) is 10.1. The van der Waals surface area contributed by atoms with Gasteiger partial charge < -0.3 is 15.0 Å². The van der Waals surface area contributed by atoms with Gasteiger partial charge in [-0.2, -0.15) is 0 Å². The molecule has 0 spiro atoms. The maximum absolute atomic E-state index is 12.0. The number of fused-ring (bicyclic) bond motifs is 1. The summed E-state index contributed by atoms with van der Waals surface area (Å²) in [7, 11) is 0. The average Bonchev–Trinajstić information content (AvgIpc) is 2.49. The Morgan fingerprint density at radius 1 is 1.29 bits per heavy atom. The summed E-state index contributed by atoms with van der Waals surface area (Å²) >= 11 is 0. The second-order valence-corrected chi connectivity index (χ2v) is 4.52. The van der Waals surface area contributed by atoms with E-state index in [1.165, 1.54) is 6.07 Å². The molecule has 0 aliphatic rings. The van der Waals surface area contributed by atoms with Gasteiger partial charge in [0.25, 0.3) is 5.91 Å². The van der Waals surface area contributed by atoms with Gasteiger partial charge in [-0.25, -0.2) is 4.79 Å². The number of benzene rings is 1. The minimum Gasteiger partial charge on any atom is -0.452 e. The SMILES string of the molecule is CCCNC(=O)COC(=O)c1cc(=O)[nH]c2ccccc12. The number of aromatic amines is 1. The normalized spacial score (nSPS) is 10.3. The van der Waals surface area contributed by atoms with Crippen molar-refractivity contribution in [2.75, 3.05) is 13.2 Å². The maximum atomic E-state index is 12.0. The highest BCUT2D eigenvalue weighted by atomic mass is 16.5. The van der Waals surface area contributed by atoms with Gasteiger partial charge in [-0.1, -0.05) is 25.1 Å². The fraction of sp³-hybridized carbons (Fsp3) is 0.267. The van der Waals surface area contributed by atoms with Crippen LogP contribution in [0.25, 0.3) is 10.9 Å². The van der Waals surface area contributed by atoms with Crippen LogP contribution in [-0.4, -0.2) is 30.0 Å². The molecule has 0 saturated carbocycles. The lowest BCUT2D eigenvalue weighted by molar-refractivity contribution is -0.124. The van der Waals surface area contributed by atoms with E-state index < -0.39 is 11.5 Å². The highest BCUT2D eigenvalue weighted by Gasteiger charge is 2.14. The number of nitrogens with one attached hydrogen (secondary N) is 2. The van der Waals surface area contributed by atoms with Crippen LogP contribution in [0.2, 0.25) is 0 Å². The average molecular weight is 288 g/mol. The number of aromatic nitrogens is 1. The van der Waals surface area contributed by atoms with Gasteiger partial charge in [-0.3, -0.25) is 9.59 Å². The van der Waals surface area contributed by atoms with E-state index >= 15 is 0 Å². The molecule has 6 nitrogen and oxygen atoms in total. The second-order valence-electron chi connectivity index (χ2n) is 4.52. The summed E-state index contributed by atoms with van der Waals surface area (Å²) in [4.78, 5) is 37.6. The number of hydrogen-bond acceptors (Lipinski definition) is 4. The molecular weight excluding hydrogens is 272 g/mol. The van der Waals surface area contributed by atoms with Crippen molar-refractivity contribution in [2.24, 2.45) is 0 Å². The Bertz CT molecular complexity index is 721. The molecule has 2 N–H and O–H groups in total. The molecule has 0 aliphatic heterocycles.